The van der Waals surface area contributed by atoms with Gasteiger partial charge < -0.3 is 5.11 Å². The molecule has 3 nitrogen and oxygen atoms in total. The molecule has 140 valence electrons. The second-order valence-electron chi connectivity index (χ2n) is 8.68. The fraction of sp³-hybridized carbons (Fsp3) is 0.619. The molecule has 2 fully saturated rings. The minimum atomic E-state index is -1.81. The van der Waals surface area contributed by atoms with E-state index in [1.807, 2.05) is 19.9 Å². The first-order valence-electron chi connectivity index (χ1n) is 9.29. The summed E-state index contributed by atoms with van der Waals surface area (Å²) in [7, 11) is 0. The zero-order valence-electron chi connectivity index (χ0n) is 15.1. The number of Topliss-reactive ketones (excluding diaryl/α,β-unsaturated/α-hetero) is 1. The number of rotatable bonds is 2. The average molecular weight is 470 g/mol. The van der Waals surface area contributed by atoms with Crippen LogP contribution in [0.15, 0.2) is 35.5 Å². The molecule has 0 unspecified atom stereocenters. The summed E-state index contributed by atoms with van der Waals surface area (Å²) in [4.78, 5) is 24.2. The van der Waals surface area contributed by atoms with Crippen LogP contribution >= 0.6 is 22.6 Å². The van der Waals surface area contributed by atoms with E-state index >= 15 is 4.39 Å². The van der Waals surface area contributed by atoms with Crippen molar-refractivity contribution < 1.29 is 19.1 Å². The number of ketones is 2. The maximum atomic E-state index is 16.7. The number of carbonyl (C=O) groups excluding carboxylic acids is 2. The number of halogens is 2. The first-order chi connectivity index (χ1) is 12.2. The first kappa shape index (κ1) is 18.5. The van der Waals surface area contributed by atoms with Crippen molar-refractivity contribution in [2.24, 2.45) is 22.7 Å². The van der Waals surface area contributed by atoms with E-state index in [2.05, 4.69) is 22.6 Å². The molecule has 0 amide bonds. The number of aliphatic hydroxyl groups is 1. The molecule has 2 saturated carbocycles. The highest BCUT2D eigenvalue weighted by atomic mass is 127. The van der Waals surface area contributed by atoms with Crippen LogP contribution in [0.2, 0.25) is 0 Å². The fourth-order valence-electron chi connectivity index (χ4n) is 6.29. The molecule has 5 heteroatoms. The van der Waals surface area contributed by atoms with Crippen LogP contribution in [0.1, 0.15) is 39.5 Å². The molecule has 0 aromatic carbocycles. The third kappa shape index (κ3) is 2.13. The van der Waals surface area contributed by atoms with Gasteiger partial charge in [0, 0.05) is 16.7 Å². The van der Waals surface area contributed by atoms with Gasteiger partial charge in [-0.3, -0.25) is 9.59 Å². The summed E-state index contributed by atoms with van der Waals surface area (Å²) in [6.07, 6.45) is 7.69. The van der Waals surface area contributed by atoms with Gasteiger partial charge in [-0.25, -0.2) is 4.39 Å². The standard InChI is InChI=1S/C21H24FIO3/c1-19-10-18(26)21(22)15(14(19)5-6-16(19)17(25)11-23)4-3-12-9-13(24)7-8-20(12,21)2/h6-9,14-15,18,26H,3-5,10-11H2,1-2H3/t14-,15-,18-,19-,20-,21-/m0/s1. The van der Waals surface area contributed by atoms with Gasteiger partial charge in [-0.15, -0.1) is 0 Å². The largest absolute Gasteiger partial charge is 0.390 e. The van der Waals surface area contributed by atoms with Crippen LogP contribution < -0.4 is 0 Å². The number of alkyl halides is 2. The Morgan fingerprint density at radius 1 is 1.38 bits per heavy atom. The molecule has 6 atom stereocenters. The highest BCUT2D eigenvalue weighted by Crippen LogP contribution is 2.67. The van der Waals surface area contributed by atoms with Crippen molar-refractivity contribution in [2.45, 2.75) is 51.3 Å². The molecule has 0 heterocycles. The fourth-order valence-corrected chi connectivity index (χ4v) is 6.70. The first-order valence-corrected chi connectivity index (χ1v) is 10.8. The van der Waals surface area contributed by atoms with Crippen LogP contribution in [-0.2, 0) is 9.59 Å². The topological polar surface area (TPSA) is 54.4 Å². The second-order valence-corrected chi connectivity index (χ2v) is 9.44. The molecule has 4 rings (SSSR count). The number of hydrogen-bond acceptors (Lipinski definition) is 3. The van der Waals surface area contributed by atoms with Crippen molar-refractivity contribution in [3.05, 3.63) is 35.5 Å². The predicted octanol–water partition coefficient (Wildman–Crippen LogP) is 3.90. The molecule has 0 spiro atoms. The molecule has 1 N–H and O–H groups in total. The molecule has 26 heavy (non-hydrogen) atoms. The summed E-state index contributed by atoms with van der Waals surface area (Å²) >= 11 is 2.07. The zero-order chi connectivity index (χ0) is 18.9. The van der Waals surface area contributed by atoms with Crippen LogP contribution in [0.4, 0.5) is 4.39 Å². The summed E-state index contributed by atoms with van der Waals surface area (Å²) < 4.78 is 17.1. The number of fused-ring (bicyclic) bond motifs is 5. The molecular weight excluding hydrogens is 446 g/mol. The number of allylic oxidation sites excluding steroid dienone is 6. The van der Waals surface area contributed by atoms with E-state index < -0.39 is 22.6 Å². The van der Waals surface area contributed by atoms with Crippen LogP contribution in [0.25, 0.3) is 0 Å². The molecule has 0 aliphatic heterocycles. The van der Waals surface area contributed by atoms with Gasteiger partial charge in [0.25, 0.3) is 0 Å². The van der Waals surface area contributed by atoms with Crippen LogP contribution in [-0.4, -0.2) is 32.9 Å². The Labute approximate surface area is 166 Å². The third-order valence-electron chi connectivity index (χ3n) is 7.64. The smallest absolute Gasteiger partial charge is 0.178 e. The van der Waals surface area contributed by atoms with Crippen molar-refractivity contribution in [3.63, 3.8) is 0 Å². The maximum Gasteiger partial charge on any atom is 0.178 e. The minimum Gasteiger partial charge on any atom is -0.390 e. The molecule has 0 bridgehead atoms. The SMILES string of the molecule is C[C@]12C=CC(=O)C=C1CC[C@H]1[C@@H]3CC=C(C(=O)CI)[C@@]3(C)C[C@H](O)[C@@]12F. The lowest BCUT2D eigenvalue weighted by Crippen LogP contribution is -2.66. The van der Waals surface area contributed by atoms with E-state index in [0.29, 0.717) is 23.7 Å². The lowest BCUT2D eigenvalue weighted by Gasteiger charge is -2.61. The molecule has 0 aromatic rings. The monoisotopic (exact) mass is 470 g/mol. The van der Waals surface area contributed by atoms with Crippen molar-refractivity contribution >= 4 is 34.2 Å². The molecule has 0 saturated heterocycles. The number of hydrogen-bond donors (Lipinski definition) is 1. The number of aliphatic hydroxyl groups excluding tert-OH is 1. The molecular formula is C21H24FIO3. The van der Waals surface area contributed by atoms with E-state index in [0.717, 1.165) is 11.1 Å². The highest BCUT2D eigenvalue weighted by Gasteiger charge is 2.69. The summed E-state index contributed by atoms with van der Waals surface area (Å²) in [5.74, 6) is -0.318. The van der Waals surface area contributed by atoms with Crippen LogP contribution in [0, 0.1) is 22.7 Å². The second kappa shape index (κ2) is 5.84. The highest BCUT2D eigenvalue weighted by molar-refractivity contribution is 14.1. The van der Waals surface area contributed by atoms with Crippen LogP contribution in [0.3, 0.4) is 0 Å². The van der Waals surface area contributed by atoms with Gasteiger partial charge >= 0.3 is 0 Å². The zero-order valence-corrected chi connectivity index (χ0v) is 17.3. The van der Waals surface area contributed by atoms with E-state index in [9.17, 15) is 14.7 Å². The van der Waals surface area contributed by atoms with Gasteiger partial charge in [-0.05, 0) is 56.3 Å². The van der Waals surface area contributed by atoms with Crippen LogP contribution in [0.5, 0.6) is 0 Å². The third-order valence-corrected chi connectivity index (χ3v) is 8.34. The Hall–Kier alpha value is -0.820. The minimum absolute atomic E-state index is 0.0159. The van der Waals surface area contributed by atoms with Gasteiger partial charge in [0.15, 0.2) is 17.2 Å². The Bertz CT molecular complexity index is 784. The lowest BCUT2D eigenvalue weighted by molar-refractivity contribution is -0.185. The Kier molecular flexibility index (Phi) is 4.16. The van der Waals surface area contributed by atoms with Gasteiger partial charge in [-0.2, -0.15) is 0 Å². The van der Waals surface area contributed by atoms with E-state index in [1.165, 1.54) is 6.08 Å². The lowest BCUT2D eigenvalue weighted by atomic mass is 9.45. The molecule has 0 radical (unpaired) electrons. The predicted molar refractivity (Wildman–Crippen MR) is 106 cm³/mol. The summed E-state index contributed by atoms with van der Waals surface area (Å²) in [5.41, 5.74) is -1.66. The van der Waals surface area contributed by atoms with Gasteiger partial charge in [0.05, 0.1) is 10.5 Å². The Morgan fingerprint density at radius 3 is 2.81 bits per heavy atom. The Morgan fingerprint density at radius 2 is 2.12 bits per heavy atom. The average Bonchev–Trinajstić information content (AvgIpc) is 2.93. The van der Waals surface area contributed by atoms with Gasteiger partial charge in [-0.1, -0.05) is 47.2 Å². The van der Waals surface area contributed by atoms with Crippen molar-refractivity contribution in [3.8, 4) is 0 Å². The van der Waals surface area contributed by atoms with E-state index in [4.69, 9.17) is 0 Å². The van der Waals surface area contributed by atoms with Crippen molar-refractivity contribution in [1.82, 2.24) is 0 Å². The Balaban J connectivity index is 1.79. The number of carbonyl (C=O) groups is 2. The summed E-state index contributed by atoms with van der Waals surface area (Å²) in [5, 5.41) is 11.1. The van der Waals surface area contributed by atoms with Crippen molar-refractivity contribution in [1.29, 1.82) is 0 Å². The quantitative estimate of drug-likeness (QED) is 0.492. The van der Waals surface area contributed by atoms with Gasteiger partial charge in [0.2, 0.25) is 0 Å². The van der Waals surface area contributed by atoms with Gasteiger partial charge in [0.1, 0.15) is 0 Å². The normalized spacial score (nSPS) is 46.8. The van der Waals surface area contributed by atoms with Crippen molar-refractivity contribution in [2.75, 3.05) is 4.43 Å². The molecule has 0 aromatic heterocycles. The summed E-state index contributed by atoms with van der Waals surface area (Å²) in [6, 6.07) is 0. The van der Waals surface area contributed by atoms with E-state index in [-0.39, 0.29) is 29.8 Å². The van der Waals surface area contributed by atoms with E-state index in [1.54, 1.807) is 12.2 Å². The summed E-state index contributed by atoms with van der Waals surface area (Å²) in [6.45, 7) is 3.84. The molecule has 4 aliphatic carbocycles. The maximum absolute atomic E-state index is 16.7. The molecule has 4 aliphatic rings.